The monoisotopic (exact) mass is 263 g/mol. The van der Waals surface area contributed by atoms with E-state index in [1.54, 1.807) is 13.1 Å². The fraction of sp³-hybridized carbons (Fsp3) is 0.333. The molecule has 0 saturated carbocycles. The van der Waals surface area contributed by atoms with Gasteiger partial charge < -0.3 is 15.5 Å². The first kappa shape index (κ1) is 11.4. The maximum Gasteiger partial charge on any atom is 0.166 e. The average Bonchev–Trinajstić information content (AvgIpc) is 2.15. The molecule has 0 aliphatic rings. The van der Waals surface area contributed by atoms with Crippen LogP contribution in [0.5, 0.6) is 5.75 Å². The van der Waals surface area contributed by atoms with E-state index in [2.05, 4.69) is 21.2 Å². The lowest BCUT2D eigenvalue weighted by atomic mass is 10.1. The predicted molar refractivity (Wildman–Crippen MR) is 54.7 cm³/mol. The molecule has 0 aliphatic carbocycles. The molecule has 0 amide bonds. The summed E-state index contributed by atoms with van der Waals surface area (Å²) in [7, 11) is 1.62. The molecular weight excluding hydrogens is 253 g/mol. The molecule has 3 nitrogen and oxygen atoms in total. The van der Waals surface area contributed by atoms with Crippen molar-refractivity contribution in [3.8, 4) is 5.75 Å². The van der Waals surface area contributed by atoms with Crippen LogP contribution in [0.2, 0.25) is 0 Å². The standard InChI is InChI=1S/C9H11BrFNO2/c1-12-8(4-13)6-2-5(10)3-7(11)9(6)14/h2-3,8,12-14H,4H2,1H3/t8-/m1/s1. The van der Waals surface area contributed by atoms with Crippen LogP contribution in [0.25, 0.3) is 0 Å². The summed E-state index contributed by atoms with van der Waals surface area (Å²) < 4.78 is 13.6. The molecule has 0 bridgehead atoms. The molecular formula is C9H11BrFNO2. The van der Waals surface area contributed by atoms with Crippen molar-refractivity contribution >= 4 is 15.9 Å². The van der Waals surface area contributed by atoms with Crippen LogP contribution in [0.4, 0.5) is 4.39 Å². The van der Waals surface area contributed by atoms with Crippen LogP contribution in [-0.2, 0) is 0 Å². The summed E-state index contributed by atoms with van der Waals surface area (Å²) >= 11 is 3.11. The van der Waals surface area contributed by atoms with E-state index < -0.39 is 17.6 Å². The molecule has 0 aromatic heterocycles. The summed E-state index contributed by atoms with van der Waals surface area (Å²) in [5, 5.41) is 21.1. The Labute approximate surface area is 89.7 Å². The molecule has 0 heterocycles. The van der Waals surface area contributed by atoms with Crippen molar-refractivity contribution in [3.63, 3.8) is 0 Å². The van der Waals surface area contributed by atoms with E-state index in [0.29, 0.717) is 10.0 Å². The van der Waals surface area contributed by atoms with E-state index in [0.717, 1.165) is 0 Å². The Morgan fingerprint density at radius 2 is 2.21 bits per heavy atom. The number of likely N-dealkylation sites (N-methyl/N-ethyl adjacent to an activating group) is 1. The number of hydrogen-bond donors (Lipinski definition) is 3. The van der Waals surface area contributed by atoms with Gasteiger partial charge in [-0.25, -0.2) is 4.39 Å². The van der Waals surface area contributed by atoms with Gasteiger partial charge in [-0.1, -0.05) is 15.9 Å². The first-order valence-corrected chi connectivity index (χ1v) is 4.85. The van der Waals surface area contributed by atoms with Crippen molar-refractivity contribution in [2.24, 2.45) is 0 Å². The molecule has 3 N–H and O–H groups in total. The number of benzene rings is 1. The van der Waals surface area contributed by atoms with Crippen molar-refractivity contribution < 1.29 is 14.6 Å². The van der Waals surface area contributed by atoms with Gasteiger partial charge in [0.2, 0.25) is 0 Å². The number of phenols is 1. The van der Waals surface area contributed by atoms with Crippen LogP contribution in [-0.4, -0.2) is 23.9 Å². The zero-order valence-corrected chi connectivity index (χ0v) is 9.18. The van der Waals surface area contributed by atoms with Crippen molar-refractivity contribution in [2.75, 3.05) is 13.7 Å². The van der Waals surface area contributed by atoms with Crippen molar-refractivity contribution in [1.29, 1.82) is 0 Å². The van der Waals surface area contributed by atoms with Gasteiger partial charge in [-0.3, -0.25) is 0 Å². The molecule has 1 aromatic rings. The number of halogens is 2. The normalized spacial score (nSPS) is 12.9. The molecule has 0 unspecified atom stereocenters. The molecule has 14 heavy (non-hydrogen) atoms. The van der Waals surface area contributed by atoms with Gasteiger partial charge in [-0.05, 0) is 19.2 Å². The highest BCUT2D eigenvalue weighted by atomic mass is 79.9. The summed E-state index contributed by atoms with van der Waals surface area (Å²) in [6.45, 7) is -0.208. The number of aromatic hydroxyl groups is 1. The predicted octanol–water partition coefficient (Wildman–Crippen LogP) is 1.55. The Kier molecular flexibility index (Phi) is 3.86. The van der Waals surface area contributed by atoms with Crippen LogP contribution in [0.1, 0.15) is 11.6 Å². The maximum absolute atomic E-state index is 13.1. The van der Waals surface area contributed by atoms with Gasteiger partial charge in [-0.15, -0.1) is 0 Å². The van der Waals surface area contributed by atoms with Crippen LogP contribution >= 0.6 is 15.9 Å². The highest BCUT2D eigenvalue weighted by Gasteiger charge is 2.16. The van der Waals surface area contributed by atoms with Crippen molar-refractivity contribution in [2.45, 2.75) is 6.04 Å². The largest absolute Gasteiger partial charge is 0.505 e. The van der Waals surface area contributed by atoms with Gasteiger partial charge >= 0.3 is 0 Å². The highest BCUT2D eigenvalue weighted by Crippen LogP contribution is 2.30. The van der Waals surface area contributed by atoms with Gasteiger partial charge in [0.1, 0.15) is 0 Å². The lowest BCUT2D eigenvalue weighted by Gasteiger charge is -2.15. The number of aliphatic hydroxyl groups is 1. The number of nitrogens with one attached hydrogen (secondary N) is 1. The fourth-order valence-electron chi connectivity index (χ4n) is 1.20. The summed E-state index contributed by atoms with van der Waals surface area (Å²) in [6.07, 6.45) is 0. The molecule has 0 fully saturated rings. The minimum absolute atomic E-state index is 0.208. The molecule has 1 aromatic carbocycles. The van der Waals surface area contributed by atoms with Crippen LogP contribution < -0.4 is 5.32 Å². The van der Waals surface area contributed by atoms with Crippen LogP contribution in [0.15, 0.2) is 16.6 Å². The third kappa shape index (κ3) is 2.23. The SMILES string of the molecule is CN[C@H](CO)c1cc(Br)cc(F)c1O. The number of phenolic OH excluding ortho intramolecular Hbond substituents is 1. The van der Waals surface area contributed by atoms with Gasteiger partial charge in [0.15, 0.2) is 11.6 Å². The second kappa shape index (κ2) is 4.72. The Hall–Kier alpha value is -0.650. The Balaban J connectivity index is 3.18. The third-order valence-electron chi connectivity index (χ3n) is 1.96. The van der Waals surface area contributed by atoms with Crippen molar-refractivity contribution in [1.82, 2.24) is 5.32 Å². The van der Waals surface area contributed by atoms with E-state index in [1.165, 1.54) is 6.07 Å². The van der Waals surface area contributed by atoms with Crippen LogP contribution in [0.3, 0.4) is 0 Å². The highest BCUT2D eigenvalue weighted by molar-refractivity contribution is 9.10. The van der Waals surface area contributed by atoms with Crippen molar-refractivity contribution in [3.05, 3.63) is 28.0 Å². The Bertz CT molecular complexity index is 329. The molecule has 5 heteroatoms. The zero-order chi connectivity index (χ0) is 10.7. The minimum atomic E-state index is -0.705. The number of aliphatic hydroxyl groups excluding tert-OH is 1. The lowest BCUT2D eigenvalue weighted by molar-refractivity contribution is 0.247. The summed E-state index contributed by atoms with van der Waals surface area (Å²) in [4.78, 5) is 0. The van der Waals surface area contributed by atoms with Gasteiger partial charge in [0, 0.05) is 10.0 Å². The summed E-state index contributed by atoms with van der Waals surface area (Å²) in [5.41, 5.74) is 0.335. The molecule has 0 spiro atoms. The van der Waals surface area contributed by atoms with Gasteiger partial charge in [0.25, 0.3) is 0 Å². The molecule has 1 rings (SSSR count). The molecule has 0 radical (unpaired) electrons. The molecule has 0 saturated heterocycles. The smallest absolute Gasteiger partial charge is 0.166 e. The Morgan fingerprint density at radius 3 is 2.71 bits per heavy atom. The van der Waals surface area contributed by atoms with Crippen LogP contribution in [0, 0.1) is 5.82 Å². The number of rotatable bonds is 3. The second-order valence-corrected chi connectivity index (χ2v) is 3.76. The third-order valence-corrected chi connectivity index (χ3v) is 2.42. The quantitative estimate of drug-likeness (QED) is 0.776. The molecule has 78 valence electrons. The number of hydrogen-bond acceptors (Lipinski definition) is 3. The van der Waals surface area contributed by atoms with E-state index in [9.17, 15) is 9.50 Å². The second-order valence-electron chi connectivity index (χ2n) is 2.85. The molecule has 0 aliphatic heterocycles. The first-order valence-electron chi connectivity index (χ1n) is 4.06. The minimum Gasteiger partial charge on any atom is -0.505 e. The van der Waals surface area contributed by atoms with E-state index in [-0.39, 0.29) is 6.61 Å². The summed E-state index contributed by atoms with van der Waals surface area (Å²) in [5.74, 6) is -1.13. The van der Waals surface area contributed by atoms with Gasteiger partial charge in [0.05, 0.1) is 12.6 Å². The van der Waals surface area contributed by atoms with E-state index in [4.69, 9.17) is 5.11 Å². The molecule has 1 atom stereocenters. The lowest BCUT2D eigenvalue weighted by Crippen LogP contribution is -2.20. The fourth-order valence-corrected chi connectivity index (χ4v) is 1.64. The summed E-state index contributed by atoms with van der Waals surface area (Å²) in [6, 6.07) is 2.26. The van der Waals surface area contributed by atoms with E-state index in [1.807, 2.05) is 0 Å². The average molecular weight is 264 g/mol. The Morgan fingerprint density at radius 1 is 1.57 bits per heavy atom. The topological polar surface area (TPSA) is 52.5 Å². The maximum atomic E-state index is 13.1. The zero-order valence-electron chi connectivity index (χ0n) is 7.59. The van der Waals surface area contributed by atoms with E-state index >= 15 is 0 Å². The van der Waals surface area contributed by atoms with Gasteiger partial charge in [-0.2, -0.15) is 0 Å². The first-order chi connectivity index (χ1) is 6.60.